The van der Waals surface area contributed by atoms with Crippen molar-refractivity contribution in [1.29, 1.82) is 0 Å². The normalized spacial score (nSPS) is 21.7. The summed E-state index contributed by atoms with van der Waals surface area (Å²) in [6.07, 6.45) is 6.03. The number of hydrogen-bond acceptors (Lipinski definition) is 4. The summed E-state index contributed by atoms with van der Waals surface area (Å²) in [5, 5.41) is 0. The molecular formula is C24H16S4. The molecule has 0 unspecified atom stereocenters. The molecular weight excluding hydrogens is 417 g/mol. The van der Waals surface area contributed by atoms with Crippen LogP contribution in [0, 0.1) is 0 Å². The van der Waals surface area contributed by atoms with E-state index in [1.165, 1.54) is 61.5 Å². The number of benzene rings is 2. The minimum Gasteiger partial charge on any atom is -0.0985 e. The molecule has 0 N–H and O–H groups in total. The zero-order valence-corrected chi connectivity index (χ0v) is 18.3. The highest BCUT2D eigenvalue weighted by Gasteiger charge is 2.36. The van der Waals surface area contributed by atoms with Crippen LogP contribution < -0.4 is 0 Å². The SMILES string of the molecule is C=Cc1ccc2c(c1)C1=C(C2)SC(=C2SC3=C(S2)c2cc(C=C)ccc2C3)S1. The zero-order chi connectivity index (χ0) is 18.8. The Balaban J connectivity index is 1.29. The van der Waals surface area contributed by atoms with Gasteiger partial charge < -0.3 is 0 Å². The fourth-order valence-corrected chi connectivity index (χ4v) is 9.91. The highest BCUT2D eigenvalue weighted by atomic mass is 32.2. The quantitative estimate of drug-likeness (QED) is 0.468. The average molecular weight is 433 g/mol. The van der Waals surface area contributed by atoms with Crippen LogP contribution in [-0.4, -0.2) is 0 Å². The Hall–Kier alpha value is -1.46. The van der Waals surface area contributed by atoms with Gasteiger partial charge in [0.1, 0.15) is 0 Å². The lowest BCUT2D eigenvalue weighted by Crippen LogP contribution is -1.87. The first-order valence-corrected chi connectivity index (χ1v) is 12.4. The van der Waals surface area contributed by atoms with Crippen LogP contribution in [0.4, 0.5) is 0 Å². The van der Waals surface area contributed by atoms with Gasteiger partial charge in [-0.3, -0.25) is 0 Å². The summed E-state index contributed by atoms with van der Waals surface area (Å²) in [7, 11) is 0. The summed E-state index contributed by atoms with van der Waals surface area (Å²) in [6.45, 7) is 7.85. The molecule has 2 aromatic carbocycles. The first-order chi connectivity index (χ1) is 13.7. The van der Waals surface area contributed by atoms with Crippen LogP contribution in [0.15, 0.2) is 67.8 Å². The Morgan fingerprint density at radius 2 is 1.11 bits per heavy atom. The lowest BCUT2D eigenvalue weighted by atomic mass is 10.1. The van der Waals surface area contributed by atoms with Crippen LogP contribution in [-0.2, 0) is 12.8 Å². The van der Waals surface area contributed by atoms with E-state index in [4.69, 9.17) is 0 Å². The molecule has 2 aliphatic carbocycles. The van der Waals surface area contributed by atoms with E-state index >= 15 is 0 Å². The van der Waals surface area contributed by atoms with E-state index in [-0.39, 0.29) is 0 Å². The highest BCUT2D eigenvalue weighted by Crippen LogP contribution is 2.66. The maximum absolute atomic E-state index is 3.93. The summed E-state index contributed by atoms with van der Waals surface area (Å²) in [5.74, 6) is 0. The molecule has 0 saturated heterocycles. The Morgan fingerprint density at radius 3 is 1.54 bits per heavy atom. The molecule has 2 heterocycles. The van der Waals surface area contributed by atoms with Gasteiger partial charge in [-0.2, -0.15) is 0 Å². The molecule has 0 radical (unpaired) electrons. The molecule has 28 heavy (non-hydrogen) atoms. The maximum Gasteiger partial charge on any atom is 0.0703 e. The van der Waals surface area contributed by atoms with Gasteiger partial charge in [-0.15, -0.1) is 0 Å². The average Bonchev–Trinajstić information content (AvgIpc) is 3.45. The molecule has 0 aromatic heterocycles. The first-order valence-electron chi connectivity index (χ1n) is 9.17. The van der Waals surface area contributed by atoms with Crippen LogP contribution in [0.5, 0.6) is 0 Å². The topological polar surface area (TPSA) is 0 Å². The smallest absolute Gasteiger partial charge is 0.0703 e. The lowest BCUT2D eigenvalue weighted by molar-refractivity contribution is 1.29. The number of rotatable bonds is 2. The van der Waals surface area contributed by atoms with Crippen molar-refractivity contribution in [2.75, 3.05) is 0 Å². The van der Waals surface area contributed by atoms with Gasteiger partial charge in [-0.05, 0) is 45.5 Å². The van der Waals surface area contributed by atoms with Gasteiger partial charge in [0.05, 0.1) is 8.47 Å². The highest BCUT2D eigenvalue weighted by molar-refractivity contribution is 8.37. The Bertz CT molecular complexity index is 1100. The second-order valence-electron chi connectivity index (χ2n) is 7.08. The summed E-state index contributed by atoms with van der Waals surface area (Å²) < 4.78 is 2.93. The standard InChI is InChI=1S/C24H16S4/c1-3-13-5-7-15-11-19-21(17(15)9-13)27-23(25-19)24-26-20-12-16-8-6-14(4-2)10-18(16)22(20)28-24/h3-10H,1-2,11-12H2. The van der Waals surface area contributed by atoms with Crippen molar-refractivity contribution in [3.63, 3.8) is 0 Å². The van der Waals surface area contributed by atoms with E-state index < -0.39 is 0 Å². The minimum absolute atomic E-state index is 1.07. The van der Waals surface area contributed by atoms with Crippen molar-refractivity contribution >= 4 is 69.0 Å². The van der Waals surface area contributed by atoms with E-state index in [0.717, 1.165) is 12.8 Å². The summed E-state index contributed by atoms with van der Waals surface area (Å²) in [5.41, 5.74) is 8.15. The second-order valence-corrected chi connectivity index (χ2v) is 11.9. The maximum atomic E-state index is 3.93. The Labute approximate surface area is 182 Å². The summed E-state index contributed by atoms with van der Waals surface area (Å²) in [4.78, 5) is 5.97. The second kappa shape index (κ2) is 6.53. The summed E-state index contributed by atoms with van der Waals surface area (Å²) in [6, 6.07) is 13.5. The van der Waals surface area contributed by atoms with E-state index in [1.807, 2.05) is 59.2 Å². The number of fused-ring (bicyclic) bond motifs is 4. The summed E-state index contributed by atoms with van der Waals surface area (Å²) >= 11 is 7.92. The van der Waals surface area contributed by atoms with Crippen molar-refractivity contribution in [3.05, 3.63) is 101 Å². The monoisotopic (exact) mass is 432 g/mol. The fourth-order valence-electron chi connectivity index (χ4n) is 3.99. The van der Waals surface area contributed by atoms with Gasteiger partial charge in [-0.1, -0.05) is 96.6 Å². The van der Waals surface area contributed by atoms with Crippen molar-refractivity contribution in [2.24, 2.45) is 0 Å². The molecule has 0 bridgehead atoms. The number of thioether (sulfide) groups is 4. The molecule has 136 valence electrons. The van der Waals surface area contributed by atoms with Crippen LogP contribution in [0.3, 0.4) is 0 Å². The predicted octanol–water partition coefficient (Wildman–Crippen LogP) is 8.21. The largest absolute Gasteiger partial charge is 0.0985 e. The van der Waals surface area contributed by atoms with E-state index in [9.17, 15) is 0 Å². The van der Waals surface area contributed by atoms with Crippen molar-refractivity contribution in [1.82, 2.24) is 0 Å². The molecule has 0 saturated carbocycles. The Kier molecular flexibility index (Phi) is 4.06. The van der Waals surface area contributed by atoms with E-state index in [1.54, 1.807) is 0 Å². The van der Waals surface area contributed by atoms with Gasteiger partial charge in [0.25, 0.3) is 0 Å². The molecule has 6 rings (SSSR count). The molecule has 0 atom stereocenters. The van der Waals surface area contributed by atoms with Gasteiger partial charge in [-0.25, -0.2) is 0 Å². The fraction of sp³-hybridized carbons (Fsp3) is 0.0833. The number of hydrogen-bond donors (Lipinski definition) is 0. The van der Waals surface area contributed by atoms with Crippen molar-refractivity contribution < 1.29 is 0 Å². The van der Waals surface area contributed by atoms with Crippen LogP contribution in [0.25, 0.3) is 22.0 Å². The van der Waals surface area contributed by atoms with Gasteiger partial charge >= 0.3 is 0 Å². The molecule has 4 aliphatic rings. The zero-order valence-electron chi connectivity index (χ0n) is 15.1. The van der Waals surface area contributed by atoms with Crippen molar-refractivity contribution in [3.8, 4) is 0 Å². The number of allylic oxidation sites excluding steroid dienone is 2. The third-order valence-electron chi connectivity index (χ3n) is 5.43. The Morgan fingerprint density at radius 1 is 0.643 bits per heavy atom. The molecule has 2 aromatic rings. The molecule has 0 nitrogen and oxygen atoms in total. The predicted molar refractivity (Wildman–Crippen MR) is 132 cm³/mol. The van der Waals surface area contributed by atoms with Gasteiger partial charge in [0.2, 0.25) is 0 Å². The third-order valence-corrected chi connectivity index (χ3v) is 11.3. The van der Waals surface area contributed by atoms with E-state index in [0.29, 0.717) is 0 Å². The minimum atomic E-state index is 1.07. The van der Waals surface area contributed by atoms with Gasteiger partial charge in [0, 0.05) is 32.5 Å². The van der Waals surface area contributed by atoms with Crippen molar-refractivity contribution in [2.45, 2.75) is 12.8 Å². The van der Waals surface area contributed by atoms with Crippen LogP contribution >= 0.6 is 47.0 Å². The lowest BCUT2D eigenvalue weighted by Gasteiger charge is -2.10. The van der Waals surface area contributed by atoms with E-state index in [2.05, 4.69) is 49.6 Å². The molecule has 4 heteroatoms. The third kappa shape index (κ3) is 2.58. The molecule has 0 fully saturated rings. The first kappa shape index (κ1) is 17.4. The molecule has 0 spiro atoms. The van der Waals surface area contributed by atoms with Crippen LogP contribution in [0.1, 0.15) is 33.4 Å². The molecule has 0 amide bonds. The van der Waals surface area contributed by atoms with Crippen LogP contribution in [0.2, 0.25) is 0 Å². The van der Waals surface area contributed by atoms with Gasteiger partial charge in [0.15, 0.2) is 0 Å². The molecule has 2 aliphatic heterocycles.